The van der Waals surface area contributed by atoms with Crippen molar-refractivity contribution in [2.24, 2.45) is 0 Å². The lowest BCUT2D eigenvalue weighted by Gasteiger charge is -2.23. The Kier molecular flexibility index (Phi) is 7.86. The van der Waals surface area contributed by atoms with Crippen molar-refractivity contribution in [2.45, 2.75) is 26.3 Å². The quantitative estimate of drug-likeness (QED) is 0.522. The Morgan fingerprint density at radius 2 is 2.15 bits per heavy atom. The first kappa shape index (κ1) is 12.5. The number of hydrogen-bond donors (Lipinski definition) is 1. The minimum absolute atomic E-state index is 0.498. The summed E-state index contributed by atoms with van der Waals surface area (Å²) in [7, 11) is 0. The molecule has 0 aliphatic carbocycles. The van der Waals surface area contributed by atoms with Gasteiger partial charge in [-0.1, -0.05) is 12.2 Å². The Morgan fingerprint density at radius 1 is 1.46 bits per heavy atom. The summed E-state index contributed by atoms with van der Waals surface area (Å²) < 4.78 is 0. The maximum Gasteiger partial charge on any atom is 0.0635 e. The number of hydrogen-bond acceptors (Lipinski definition) is 3. The van der Waals surface area contributed by atoms with Crippen molar-refractivity contribution < 1.29 is 0 Å². The van der Waals surface area contributed by atoms with E-state index in [2.05, 4.69) is 43.5 Å². The highest BCUT2D eigenvalue weighted by molar-refractivity contribution is 7.80. The van der Waals surface area contributed by atoms with Crippen LogP contribution in [-0.2, 0) is 0 Å². The molecule has 2 nitrogen and oxygen atoms in total. The molecule has 0 aromatic heterocycles. The zero-order valence-corrected chi connectivity index (χ0v) is 9.30. The molecular formula is C10H18N2S. The van der Waals surface area contributed by atoms with Gasteiger partial charge >= 0.3 is 0 Å². The van der Waals surface area contributed by atoms with E-state index in [1.807, 2.05) is 6.08 Å². The molecule has 0 aliphatic rings. The molecule has 0 amide bonds. The van der Waals surface area contributed by atoms with E-state index in [0.29, 0.717) is 12.5 Å². The largest absolute Gasteiger partial charge is 0.296 e. The van der Waals surface area contributed by atoms with Crippen LogP contribution in [0, 0.1) is 11.3 Å². The topological polar surface area (TPSA) is 27.0 Å². The van der Waals surface area contributed by atoms with Crippen LogP contribution in [0.1, 0.15) is 20.3 Å². The fraction of sp³-hybridized carbons (Fsp3) is 0.700. The summed E-state index contributed by atoms with van der Waals surface area (Å²) in [6, 6.07) is 2.66. The van der Waals surface area contributed by atoms with E-state index >= 15 is 0 Å². The van der Waals surface area contributed by atoms with E-state index in [9.17, 15) is 0 Å². The van der Waals surface area contributed by atoms with E-state index in [-0.39, 0.29) is 0 Å². The molecule has 0 bridgehead atoms. The summed E-state index contributed by atoms with van der Waals surface area (Å²) >= 11 is 4.09. The fourth-order valence-electron chi connectivity index (χ4n) is 1.04. The fourth-order valence-corrected chi connectivity index (χ4v) is 1.19. The third-order valence-corrected chi connectivity index (χ3v) is 2.06. The monoisotopic (exact) mass is 198 g/mol. The lowest BCUT2D eigenvalue weighted by Crippen LogP contribution is -2.31. The van der Waals surface area contributed by atoms with Crippen molar-refractivity contribution in [3.8, 4) is 6.07 Å². The Hall–Kier alpha value is -0.460. The Morgan fingerprint density at radius 3 is 2.62 bits per heavy atom. The second kappa shape index (κ2) is 8.15. The van der Waals surface area contributed by atoms with E-state index < -0.39 is 0 Å². The van der Waals surface area contributed by atoms with Crippen LogP contribution in [0.3, 0.4) is 0 Å². The smallest absolute Gasteiger partial charge is 0.0635 e. The molecule has 0 atom stereocenters. The molecule has 74 valence electrons. The van der Waals surface area contributed by atoms with Gasteiger partial charge in [0.2, 0.25) is 0 Å². The number of rotatable bonds is 6. The van der Waals surface area contributed by atoms with Gasteiger partial charge in [0.25, 0.3) is 0 Å². The van der Waals surface area contributed by atoms with Gasteiger partial charge in [0, 0.05) is 31.3 Å². The van der Waals surface area contributed by atoms with Crippen molar-refractivity contribution in [2.75, 3.05) is 18.8 Å². The van der Waals surface area contributed by atoms with Crippen LogP contribution in [0.5, 0.6) is 0 Å². The average molecular weight is 198 g/mol. The van der Waals surface area contributed by atoms with Crippen LogP contribution in [0.25, 0.3) is 0 Å². The molecule has 0 saturated heterocycles. The van der Waals surface area contributed by atoms with Gasteiger partial charge in [-0.3, -0.25) is 4.90 Å². The Labute approximate surface area is 86.6 Å². The van der Waals surface area contributed by atoms with Crippen LogP contribution >= 0.6 is 12.6 Å². The van der Waals surface area contributed by atoms with Crippen LogP contribution in [0.15, 0.2) is 12.2 Å². The van der Waals surface area contributed by atoms with Crippen LogP contribution in [-0.4, -0.2) is 29.8 Å². The second-order valence-electron chi connectivity index (χ2n) is 3.15. The molecule has 0 aromatic rings. The molecular weight excluding hydrogens is 180 g/mol. The summed E-state index contributed by atoms with van der Waals surface area (Å²) in [5, 5.41) is 8.46. The van der Waals surface area contributed by atoms with Crippen LogP contribution in [0.2, 0.25) is 0 Å². The maximum absolute atomic E-state index is 8.46. The van der Waals surface area contributed by atoms with Gasteiger partial charge in [0.15, 0.2) is 0 Å². The lowest BCUT2D eigenvalue weighted by atomic mass is 10.3. The van der Waals surface area contributed by atoms with E-state index in [1.54, 1.807) is 0 Å². The highest BCUT2D eigenvalue weighted by Gasteiger charge is 2.05. The molecule has 0 unspecified atom stereocenters. The van der Waals surface area contributed by atoms with Gasteiger partial charge in [-0.05, 0) is 13.8 Å². The van der Waals surface area contributed by atoms with Crippen molar-refractivity contribution in [3.63, 3.8) is 0 Å². The van der Waals surface area contributed by atoms with Crippen LogP contribution < -0.4 is 0 Å². The van der Waals surface area contributed by atoms with Gasteiger partial charge in [-0.15, -0.1) is 0 Å². The molecule has 0 aliphatic heterocycles. The van der Waals surface area contributed by atoms with Gasteiger partial charge in [0.05, 0.1) is 6.07 Å². The first-order valence-electron chi connectivity index (χ1n) is 4.59. The van der Waals surface area contributed by atoms with Crippen LogP contribution in [0.4, 0.5) is 0 Å². The summed E-state index contributed by atoms with van der Waals surface area (Å²) in [4.78, 5) is 2.27. The molecule has 0 radical (unpaired) electrons. The summed E-state index contributed by atoms with van der Waals surface area (Å²) in [6.07, 6.45) is 4.74. The first-order valence-corrected chi connectivity index (χ1v) is 5.22. The van der Waals surface area contributed by atoms with Gasteiger partial charge in [-0.25, -0.2) is 0 Å². The summed E-state index contributed by atoms with van der Waals surface area (Å²) in [6.45, 7) is 6.06. The highest BCUT2D eigenvalue weighted by atomic mass is 32.1. The first-order chi connectivity index (χ1) is 6.22. The minimum Gasteiger partial charge on any atom is -0.296 e. The third kappa shape index (κ3) is 6.68. The summed E-state index contributed by atoms with van der Waals surface area (Å²) in [5.74, 6) is 0.782. The maximum atomic E-state index is 8.46. The molecule has 0 spiro atoms. The molecule has 3 heteroatoms. The molecule has 0 N–H and O–H groups in total. The third-order valence-electron chi connectivity index (χ3n) is 1.85. The number of nitriles is 1. The zero-order valence-electron chi connectivity index (χ0n) is 8.40. The van der Waals surface area contributed by atoms with Crippen molar-refractivity contribution >= 4 is 12.6 Å². The number of nitrogens with zero attached hydrogens (tertiary/aromatic N) is 2. The second-order valence-corrected chi connectivity index (χ2v) is 3.52. The Bertz CT molecular complexity index is 182. The SMILES string of the molecule is CC(C)N(CC=CCS)CCC#N. The Balaban J connectivity index is 3.81. The molecule has 0 fully saturated rings. The average Bonchev–Trinajstić information content (AvgIpc) is 2.10. The zero-order chi connectivity index (χ0) is 10.1. The van der Waals surface area contributed by atoms with E-state index in [1.165, 1.54) is 0 Å². The molecule has 0 rings (SSSR count). The van der Waals surface area contributed by atoms with Crippen molar-refractivity contribution in [3.05, 3.63) is 12.2 Å². The van der Waals surface area contributed by atoms with E-state index in [4.69, 9.17) is 5.26 Å². The molecule has 13 heavy (non-hydrogen) atoms. The van der Waals surface area contributed by atoms with Gasteiger partial charge in [0.1, 0.15) is 0 Å². The predicted molar refractivity (Wildman–Crippen MR) is 59.9 cm³/mol. The summed E-state index contributed by atoms with van der Waals surface area (Å²) in [5.41, 5.74) is 0. The number of thiol groups is 1. The molecule has 0 aromatic carbocycles. The standard InChI is InChI=1S/C10H18N2S/c1-10(2)12(8-5-6-11)7-3-4-9-13/h3-4,10,13H,5,7-9H2,1-2H3. The normalized spacial score (nSPS) is 11.4. The predicted octanol–water partition coefficient (Wildman–Crippen LogP) is 2.10. The lowest BCUT2D eigenvalue weighted by molar-refractivity contribution is 0.251. The van der Waals surface area contributed by atoms with Crippen molar-refractivity contribution in [1.82, 2.24) is 4.90 Å². The minimum atomic E-state index is 0.498. The highest BCUT2D eigenvalue weighted by Crippen LogP contribution is 1.99. The molecule has 0 saturated carbocycles. The van der Waals surface area contributed by atoms with E-state index in [0.717, 1.165) is 18.8 Å². The van der Waals surface area contributed by atoms with Crippen molar-refractivity contribution in [1.29, 1.82) is 5.26 Å². The van der Waals surface area contributed by atoms with Gasteiger partial charge < -0.3 is 0 Å². The molecule has 0 heterocycles. The van der Waals surface area contributed by atoms with Gasteiger partial charge in [-0.2, -0.15) is 17.9 Å².